The average Bonchev–Trinajstić information content (AvgIpc) is 2.94. The maximum absolute atomic E-state index is 5.29. The fraction of sp³-hybridized carbons (Fsp3) is 0.0645. The molecule has 0 N–H and O–H groups in total. The van der Waals surface area contributed by atoms with E-state index in [9.17, 15) is 0 Å². The highest BCUT2D eigenvalue weighted by Gasteiger charge is 2.45. The molecule has 0 aliphatic rings. The molecule has 0 saturated carbocycles. The van der Waals surface area contributed by atoms with Gasteiger partial charge in [-0.15, -0.1) is 0 Å². The van der Waals surface area contributed by atoms with Crippen LogP contribution < -0.4 is 37.6 Å². The smallest absolute Gasteiger partial charge is 0.118 e. The van der Waals surface area contributed by atoms with Gasteiger partial charge in [0, 0.05) is 17.3 Å². The Morgan fingerprint density at radius 3 is 1.49 bits per heavy atom. The first-order valence-electron chi connectivity index (χ1n) is 11.4. The molecule has 0 amide bonds. The summed E-state index contributed by atoms with van der Waals surface area (Å²) < 4.78 is 5.29. The Bertz CT molecular complexity index is 1230. The molecule has 174 valence electrons. The normalized spacial score (nSPS) is 10.9. The highest BCUT2D eigenvalue weighted by molar-refractivity contribution is 7.95. The van der Waals surface area contributed by atoms with Gasteiger partial charge in [-0.3, -0.25) is 4.98 Å². The molecule has 0 aliphatic carbocycles. The van der Waals surface area contributed by atoms with Crippen molar-refractivity contribution in [2.45, 2.75) is 6.16 Å². The van der Waals surface area contributed by atoms with Crippen molar-refractivity contribution in [3.8, 4) is 17.0 Å². The van der Waals surface area contributed by atoms with Crippen LogP contribution in [0.2, 0.25) is 0 Å². The number of pyridine rings is 1. The second-order valence-electron chi connectivity index (χ2n) is 8.25. The molecule has 2 nitrogen and oxygen atoms in total. The fourth-order valence-electron chi connectivity index (χ4n) is 4.49. The highest BCUT2D eigenvalue weighted by atomic mass is 79.9. The van der Waals surface area contributed by atoms with Crippen molar-refractivity contribution >= 4 is 23.2 Å². The fourth-order valence-corrected chi connectivity index (χ4v) is 8.71. The van der Waals surface area contributed by atoms with Gasteiger partial charge in [0.2, 0.25) is 0 Å². The zero-order valence-corrected chi connectivity index (χ0v) is 22.1. The summed E-state index contributed by atoms with van der Waals surface area (Å²) in [7, 11) is -0.245. The maximum Gasteiger partial charge on any atom is 0.118 e. The standard InChI is InChI=1S/C31H27NOP.BrH/c1-33-27-20-18-26(19-21-27)31-22-17-25(23-32-31)24-34(28-11-5-2-6-12-28,29-13-7-3-8-14-29)30-15-9-4-10-16-30;/h2-23H,24H2,1H3;1H/q+1;/p-1. The van der Waals surface area contributed by atoms with Crippen LogP contribution in [-0.2, 0) is 6.16 Å². The van der Waals surface area contributed by atoms with E-state index in [-0.39, 0.29) is 17.0 Å². The van der Waals surface area contributed by atoms with Crippen LogP contribution in [0.5, 0.6) is 5.75 Å². The molecule has 4 heteroatoms. The Kier molecular flexibility index (Phi) is 8.13. The lowest BCUT2D eigenvalue weighted by Crippen LogP contribution is -3.00. The molecule has 35 heavy (non-hydrogen) atoms. The molecule has 0 aliphatic heterocycles. The quantitative estimate of drug-likeness (QED) is 0.296. The van der Waals surface area contributed by atoms with Crippen LogP contribution in [0.15, 0.2) is 134 Å². The number of benzene rings is 4. The third-order valence-corrected chi connectivity index (χ3v) is 10.6. The van der Waals surface area contributed by atoms with Gasteiger partial charge in [-0.2, -0.15) is 0 Å². The van der Waals surface area contributed by atoms with Gasteiger partial charge < -0.3 is 21.7 Å². The summed E-state index contributed by atoms with van der Waals surface area (Å²) in [6, 6.07) is 45.3. The van der Waals surface area contributed by atoms with E-state index in [4.69, 9.17) is 9.72 Å². The number of nitrogens with zero attached hydrogens (tertiary/aromatic N) is 1. The van der Waals surface area contributed by atoms with Gasteiger partial charge in [0.25, 0.3) is 0 Å². The number of rotatable bonds is 7. The molecule has 5 aromatic rings. The Balaban J connectivity index is 0.00000289. The molecule has 4 aromatic carbocycles. The molecule has 0 saturated heterocycles. The predicted molar refractivity (Wildman–Crippen MR) is 145 cm³/mol. The lowest BCUT2D eigenvalue weighted by molar-refractivity contribution is -0.00000696. The molecule has 1 heterocycles. The summed E-state index contributed by atoms with van der Waals surface area (Å²) in [5.41, 5.74) is 3.29. The Hall–Kier alpha value is -3.26. The van der Waals surface area contributed by atoms with E-state index in [0.717, 1.165) is 23.2 Å². The predicted octanol–water partition coefficient (Wildman–Crippen LogP) is 3.26. The van der Waals surface area contributed by atoms with Gasteiger partial charge in [-0.1, -0.05) is 60.7 Å². The van der Waals surface area contributed by atoms with E-state index < -0.39 is 7.26 Å². The number of ether oxygens (including phenoxy) is 1. The summed E-state index contributed by atoms with van der Waals surface area (Å²) in [5, 5.41) is 4.14. The van der Waals surface area contributed by atoms with Crippen molar-refractivity contribution in [3.63, 3.8) is 0 Å². The van der Waals surface area contributed by atoms with Gasteiger partial charge in [-0.05, 0) is 66.7 Å². The minimum Gasteiger partial charge on any atom is -1.00 e. The summed E-state index contributed by atoms with van der Waals surface area (Å²) >= 11 is 0. The maximum atomic E-state index is 5.29. The van der Waals surface area contributed by atoms with Crippen LogP contribution in [0, 0.1) is 0 Å². The summed E-state index contributed by atoms with van der Waals surface area (Å²) in [6.45, 7) is 0. The van der Waals surface area contributed by atoms with Crippen LogP contribution in [0.4, 0.5) is 0 Å². The summed E-state index contributed by atoms with van der Waals surface area (Å²) in [6.07, 6.45) is 2.96. The zero-order valence-electron chi connectivity index (χ0n) is 19.6. The molecular weight excluding hydrogens is 513 g/mol. The SMILES string of the molecule is COc1ccc(-c2ccc(C[P+](c3ccccc3)(c3ccccc3)c3ccccc3)cn2)cc1.[Br-]. The van der Waals surface area contributed by atoms with E-state index in [2.05, 4.69) is 115 Å². The van der Waals surface area contributed by atoms with Crippen molar-refractivity contribution in [1.29, 1.82) is 0 Å². The first-order chi connectivity index (χ1) is 16.8. The van der Waals surface area contributed by atoms with E-state index in [1.54, 1.807) is 7.11 Å². The molecule has 0 bridgehead atoms. The van der Waals surface area contributed by atoms with Crippen LogP contribution >= 0.6 is 7.26 Å². The minimum atomic E-state index is -1.93. The third kappa shape index (κ3) is 5.22. The van der Waals surface area contributed by atoms with E-state index in [1.165, 1.54) is 21.5 Å². The summed E-state index contributed by atoms with van der Waals surface area (Å²) in [5.74, 6) is 0.850. The molecule has 0 atom stereocenters. The number of hydrogen-bond acceptors (Lipinski definition) is 2. The zero-order chi connectivity index (χ0) is 23.2. The van der Waals surface area contributed by atoms with Crippen molar-refractivity contribution in [2.24, 2.45) is 0 Å². The second kappa shape index (κ2) is 11.4. The van der Waals surface area contributed by atoms with Crippen molar-refractivity contribution < 1.29 is 21.7 Å². The van der Waals surface area contributed by atoms with Crippen molar-refractivity contribution in [1.82, 2.24) is 4.98 Å². The lowest BCUT2D eigenvalue weighted by atomic mass is 10.1. The Labute approximate surface area is 218 Å². The van der Waals surface area contributed by atoms with Gasteiger partial charge >= 0.3 is 0 Å². The molecule has 5 rings (SSSR count). The Morgan fingerprint density at radius 2 is 1.09 bits per heavy atom. The molecule has 0 radical (unpaired) electrons. The number of hydrogen-bond donors (Lipinski definition) is 0. The van der Waals surface area contributed by atoms with E-state index in [1.807, 2.05) is 18.3 Å². The first-order valence-corrected chi connectivity index (χ1v) is 13.4. The van der Waals surface area contributed by atoms with E-state index >= 15 is 0 Å². The average molecular weight is 540 g/mol. The molecule has 0 unspecified atom stereocenters. The lowest BCUT2D eigenvalue weighted by Gasteiger charge is -2.27. The molecule has 1 aromatic heterocycles. The molecule has 0 fully saturated rings. The van der Waals surface area contributed by atoms with Crippen LogP contribution in [0.25, 0.3) is 11.3 Å². The minimum absolute atomic E-state index is 0. The van der Waals surface area contributed by atoms with Crippen LogP contribution in [-0.4, -0.2) is 12.1 Å². The second-order valence-corrected chi connectivity index (χ2v) is 11.7. The van der Waals surface area contributed by atoms with Gasteiger partial charge in [0.15, 0.2) is 0 Å². The highest BCUT2D eigenvalue weighted by Crippen LogP contribution is 2.58. The number of halogens is 1. The summed E-state index contributed by atoms with van der Waals surface area (Å²) in [4.78, 5) is 4.85. The molecular formula is C31H27BrNOP. The van der Waals surface area contributed by atoms with Gasteiger partial charge in [0.05, 0.1) is 19.0 Å². The van der Waals surface area contributed by atoms with Gasteiger partial charge in [0.1, 0.15) is 28.9 Å². The topological polar surface area (TPSA) is 22.1 Å². The third-order valence-electron chi connectivity index (χ3n) is 6.22. The number of methoxy groups -OCH3 is 1. The van der Waals surface area contributed by atoms with E-state index in [0.29, 0.717) is 0 Å². The van der Waals surface area contributed by atoms with Crippen molar-refractivity contribution in [3.05, 3.63) is 139 Å². The van der Waals surface area contributed by atoms with Crippen molar-refractivity contribution in [2.75, 3.05) is 7.11 Å². The van der Waals surface area contributed by atoms with Crippen LogP contribution in [0.1, 0.15) is 5.56 Å². The van der Waals surface area contributed by atoms with Crippen LogP contribution in [0.3, 0.4) is 0 Å². The Morgan fingerprint density at radius 1 is 0.600 bits per heavy atom. The largest absolute Gasteiger partial charge is 1.00 e. The van der Waals surface area contributed by atoms with Gasteiger partial charge in [-0.25, -0.2) is 0 Å². The molecule has 0 spiro atoms. The monoisotopic (exact) mass is 539 g/mol. The number of aromatic nitrogens is 1. The first kappa shape index (κ1) is 24.9.